The number of benzene rings is 9. The molecule has 0 saturated heterocycles. The number of imide groups is 2. The second-order valence-corrected chi connectivity index (χ2v) is 29.8. The van der Waals surface area contributed by atoms with Gasteiger partial charge in [-0.25, -0.2) is 0 Å². The lowest BCUT2D eigenvalue weighted by Gasteiger charge is -2.36. The number of carbonyl (C=O) groups excluding carboxylic acids is 10. The molecule has 0 fully saturated rings. The van der Waals surface area contributed by atoms with E-state index in [0.29, 0.717) is 57.2 Å². The van der Waals surface area contributed by atoms with Gasteiger partial charge in [-0.1, -0.05) is 121 Å². The summed E-state index contributed by atoms with van der Waals surface area (Å²) in [5.41, 5.74) is -3.06. The quantitative estimate of drug-likeness (QED) is 0.00752. The molecular formula is C82H58Cl4F18N8O14. The molecule has 2 heterocycles. The monoisotopic (exact) mass is 1860 g/mol. The summed E-state index contributed by atoms with van der Waals surface area (Å²) in [4.78, 5) is 141. The summed E-state index contributed by atoms with van der Waals surface area (Å²) in [6, 6.07) is 5.32. The largest absolute Gasteiger partial charge is 0.457 e. The summed E-state index contributed by atoms with van der Waals surface area (Å²) < 4.78 is 291. The van der Waals surface area contributed by atoms with Gasteiger partial charge in [0.2, 0.25) is 23.9 Å². The van der Waals surface area contributed by atoms with Gasteiger partial charge in [0.1, 0.15) is 58.1 Å². The number of nitrogens with zero attached hydrogens (tertiary/aromatic N) is 2. The molecule has 0 spiro atoms. The van der Waals surface area contributed by atoms with Crippen LogP contribution in [0.1, 0.15) is 76.5 Å². The molecule has 6 N–H and O–H groups in total. The summed E-state index contributed by atoms with van der Waals surface area (Å²) in [6.07, 6.45) is -43.9. The number of fused-ring (bicyclic) bond motifs is 2. The van der Waals surface area contributed by atoms with E-state index in [-0.39, 0.29) is 74.9 Å². The number of hydrogen-bond acceptors (Lipinski definition) is 14. The van der Waals surface area contributed by atoms with Crippen molar-refractivity contribution in [2.24, 2.45) is 0 Å². The molecule has 126 heavy (non-hydrogen) atoms. The lowest BCUT2D eigenvalue weighted by atomic mass is 9.80. The zero-order chi connectivity index (χ0) is 92.7. The van der Waals surface area contributed by atoms with Crippen LogP contribution in [0.25, 0.3) is 43.1 Å². The van der Waals surface area contributed by atoms with Crippen LogP contribution in [0.2, 0.25) is 0 Å². The fourth-order valence-corrected chi connectivity index (χ4v) is 14.0. The summed E-state index contributed by atoms with van der Waals surface area (Å²) >= 11 is 23.0. The maximum atomic E-state index is 15.9. The Balaban J connectivity index is 1.32. The Labute approximate surface area is 717 Å². The van der Waals surface area contributed by atoms with E-state index < -0.39 is 251 Å². The van der Waals surface area contributed by atoms with Crippen LogP contribution in [-0.2, 0) is 54.5 Å². The summed E-state index contributed by atoms with van der Waals surface area (Å²) in [5.74, 6) is -22.5. The van der Waals surface area contributed by atoms with Crippen LogP contribution < -0.4 is 50.8 Å². The molecule has 2 atom stereocenters. The number of ether oxygens (including phenoxy) is 4. The van der Waals surface area contributed by atoms with Crippen molar-refractivity contribution in [3.8, 4) is 46.0 Å². The molecule has 10 amide bonds. The Morgan fingerprint density at radius 1 is 0.317 bits per heavy atom. The van der Waals surface area contributed by atoms with Crippen LogP contribution in [0.5, 0.6) is 46.0 Å². The second-order valence-electron chi connectivity index (χ2n) is 28.0. The van der Waals surface area contributed by atoms with Gasteiger partial charge in [0.05, 0.1) is 55.2 Å². The van der Waals surface area contributed by atoms with Gasteiger partial charge in [0.15, 0.2) is 0 Å². The molecular weight excluding hydrogens is 1800 g/mol. The Morgan fingerprint density at radius 2 is 0.516 bits per heavy atom. The number of nitrogens with one attached hydrogen (secondary N) is 6. The number of rotatable bonds is 32. The van der Waals surface area contributed by atoms with Gasteiger partial charge in [-0.15, -0.1) is 0 Å². The zero-order valence-electron chi connectivity index (χ0n) is 63.7. The van der Waals surface area contributed by atoms with E-state index in [1.54, 1.807) is 0 Å². The minimum absolute atomic E-state index is 0.00971. The first-order chi connectivity index (χ1) is 58.7. The number of carbonyl (C=O) groups is 10. The van der Waals surface area contributed by atoms with Crippen LogP contribution in [0.3, 0.4) is 0 Å². The van der Waals surface area contributed by atoms with Gasteiger partial charge < -0.3 is 50.8 Å². The van der Waals surface area contributed by atoms with E-state index in [2.05, 4.69) is 47.6 Å². The van der Waals surface area contributed by atoms with Crippen molar-refractivity contribution in [2.45, 2.75) is 99.8 Å². The Hall–Kier alpha value is -12.6. The predicted octanol–water partition coefficient (Wildman–Crippen LogP) is 17.6. The first-order valence-corrected chi connectivity index (χ1v) is 37.9. The van der Waals surface area contributed by atoms with Crippen LogP contribution in [0.15, 0.2) is 168 Å². The molecule has 22 nitrogen and oxygen atoms in total. The van der Waals surface area contributed by atoms with Gasteiger partial charge in [-0.3, -0.25) is 57.7 Å². The molecule has 0 aliphatic carbocycles. The Morgan fingerprint density at radius 3 is 0.690 bits per heavy atom. The number of hydrogen-bond donors (Lipinski definition) is 6. The highest BCUT2D eigenvalue weighted by Gasteiger charge is 2.61. The smallest absolute Gasteiger partial charge is 0.417 e. The molecule has 0 aromatic heterocycles. The molecule has 9 aromatic carbocycles. The lowest BCUT2D eigenvalue weighted by Crippen LogP contribution is -2.61. The minimum atomic E-state index is -6.55. The minimum Gasteiger partial charge on any atom is -0.457 e. The van der Waals surface area contributed by atoms with Crippen molar-refractivity contribution in [1.82, 2.24) is 41.7 Å². The predicted molar refractivity (Wildman–Crippen MR) is 419 cm³/mol. The molecule has 11 rings (SSSR count). The van der Waals surface area contributed by atoms with Crippen molar-refractivity contribution >= 4 is 149 Å². The summed E-state index contributed by atoms with van der Waals surface area (Å²) in [6.45, 7) is 12.8. The van der Waals surface area contributed by atoms with Gasteiger partial charge in [0.25, 0.3) is 47.3 Å². The van der Waals surface area contributed by atoms with Crippen molar-refractivity contribution in [3.63, 3.8) is 0 Å². The number of amides is 10. The molecule has 0 radical (unpaired) electrons. The SMILES string of the molecule is C=C(Cl)C(=O)NCCc1ccc(Oc2cc3c4c(cc(Oc5ccc(CCNC(=O)C(=C)Cl)cc5)c5c6c(Oc7ccc(CCNC(=O)C(=C)Cl)cc7)cc7c8c(cc(Oc9ccc(CCNC(=O)C(=C)Cl)cc9)c(c2c45)c86)C(=O)N(C(CC(F)(F)F)C(=O)NC(C(F)(F)F)C(F)(F)F)C7=O)C(=O)N(C(CC(F)(F)F)C(=O)NC(C(F)(F)F)C(F)(F)F)C3=O)cc1. The molecule has 0 bridgehead atoms. The van der Waals surface area contributed by atoms with E-state index in [1.807, 2.05) is 0 Å². The third-order valence-electron chi connectivity index (χ3n) is 19.3. The van der Waals surface area contributed by atoms with Crippen molar-refractivity contribution in [1.29, 1.82) is 0 Å². The highest BCUT2D eigenvalue weighted by molar-refractivity contribution is 6.46. The van der Waals surface area contributed by atoms with Crippen molar-refractivity contribution < 1.29 is 146 Å². The lowest BCUT2D eigenvalue weighted by molar-refractivity contribution is -0.259. The van der Waals surface area contributed by atoms with E-state index >= 15 is 45.5 Å². The first-order valence-electron chi connectivity index (χ1n) is 36.4. The third-order valence-corrected chi connectivity index (χ3v) is 20.0. The van der Waals surface area contributed by atoms with Crippen molar-refractivity contribution in [3.05, 3.63) is 212 Å². The third kappa shape index (κ3) is 21.2. The molecule has 2 aliphatic heterocycles. The maximum absolute atomic E-state index is 15.9. The van der Waals surface area contributed by atoms with Gasteiger partial charge >= 0.3 is 37.1 Å². The maximum Gasteiger partial charge on any atom is 0.417 e. The summed E-state index contributed by atoms with van der Waals surface area (Å²) in [5, 5.41) is 3.57. The average Bonchev–Trinajstić information content (AvgIpc) is 0.669. The summed E-state index contributed by atoms with van der Waals surface area (Å²) in [7, 11) is 0. The molecule has 2 unspecified atom stereocenters. The average molecular weight is 1860 g/mol. The van der Waals surface area contributed by atoms with Crippen LogP contribution in [0, 0.1) is 0 Å². The van der Waals surface area contributed by atoms with E-state index in [0.717, 1.165) is 0 Å². The van der Waals surface area contributed by atoms with Crippen LogP contribution in [-0.4, -0.2) is 156 Å². The zero-order valence-corrected chi connectivity index (χ0v) is 66.7. The molecule has 0 saturated carbocycles. The normalized spacial score (nSPS) is 13.7. The molecule has 2 aliphatic rings. The fourth-order valence-electron chi connectivity index (χ4n) is 13.7. The number of alkyl halides is 18. The first kappa shape index (κ1) is 94.1. The van der Waals surface area contributed by atoms with E-state index in [9.17, 15) is 81.5 Å². The van der Waals surface area contributed by atoms with E-state index in [4.69, 9.17) is 65.4 Å². The highest BCUT2D eigenvalue weighted by Crippen LogP contribution is 2.59. The second kappa shape index (κ2) is 36.6. The van der Waals surface area contributed by atoms with Crippen LogP contribution >= 0.6 is 46.4 Å². The Bertz CT molecular complexity index is 5280. The fraction of sp³-hybridized carbons (Fsp3) is 0.244. The highest BCUT2D eigenvalue weighted by atomic mass is 35.5. The topological polar surface area (TPSA) is 286 Å². The Kier molecular flexibility index (Phi) is 27.3. The van der Waals surface area contributed by atoms with E-state index in [1.165, 1.54) is 97.1 Å². The number of halogens is 22. The van der Waals surface area contributed by atoms with Gasteiger partial charge in [-0.2, -0.15) is 79.0 Å². The van der Waals surface area contributed by atoms with Crippen molar-refractivity contribution in [2.75, 3.05) is 26.2 Å². The van der Waals surface area contributed by atoms with Crippen LogP contribution in [0.4, 0.5) is 79.0 Å². The van der Waals surface area contributed by atoms with Gasteiger partial charge in [-0.05, 0) is 121 Å². The molecule has 664 valence electrons. The molecule has 9 aromatic rings. The standard InChI is InChI=1S/C82H58Cl4F18N8O14/c1-35(83)65(113)105-25-21-39-5-13-43(14-6-39)123-53-29-47-57-48(72(120)111(71(47)119)51(33-77(87,88)89)69(117)109-75(79(93,94)95)80(96,97)98)31-55(125-45-17-9-41(10-18-45)23-27-107-67(115)37(3)85)61-62-56(126-46-19-11-42(12-20-46)24-28-108-68(116)38(4)86)32-50-58-49(73(121)112(74(50)122)52(34-78(90,91)92)70(118)110-76(81(99,100)101)82(102,103)104)30-54(60(64(58)62)59(53)63(57)61)124-44-15-7-40(8-16-44)22-26-106-66(114)36(2)84/h5-20,29-32,51-52,75-76H,1-4,21-28,33-34H2,(H,105,113)(H,106,114)(H,107,115)(H,108,116)(H,109,117)(H,110,118). The van der Waals surface area contributed by atoms with Gasteiger partial charge in [0, 0.05) is 69.3 Å². The molecule has 44 heteroatoms.